The highest BCUT2D eigenvalue weighted by molar-refractivity contribution is 5.98. The molecule has 0 amide bonds. The zero-order valence-corrected chi connectivity index (χ0v) is 11.0. The second kappa shape index (κ2) is 4.67. The molecule has 0 aliphatic heterocycles. The second-order valence-electron chi connectivity index (χ2n) is 4.67. The van der Waals surface area contributed by atoms with Crippen molar-refractivity contribution in [3.05, 3.63) is 65.9 Å². The van der Waals surface area contributed by atoms with Crippen LogP contribution >= 0.6 is 0 Å². The highest BCUT2D eigenvalue weighted by Gasteiger charge is 2.06. The van der Waals surface area contributed by atoms with Gasteiger partial charge < -0.3 is 4.57 Å². The molecular weight excluding hydrogens is 248 g/mol. The number of benzene rings is 2. The Morgan fingerprint density at radius 1 is 1.10 bits per heavy atom. The minimum Gasteiger partial charge on any atom is -0.317 e. The molecule has 0 aliphatic rings. The molecule has 0 saturated heterocycles. The molecule has 0 spiro atoms. The third-order valence-corrected chi connectivity index (χ3v) is 3.37. The molecule has 3 nitrogen and oxygen atoms in total. The molecule has 0 N–H and O–H groups in total. The Labute approximate surface area is 116 Å². The number of hydrogen-bond donors (Lipinski definition) is 0. The van der Waals surface area contributed by atoms with Crippen molar-refractivity contribution >= 4 is 16.7 Å². The quantitative estimate of drug-likeness (QED) is 0.659. The van der Waals surface area contributed by atoms with Gasteiger partial charge in [0.1, 0.15) is 0 Å². The lowest BCUT2D eigenvalue weighted by atomic mass is 10.1. The summed E-state index contributed by atoms with van der Waals surface area (Å²) < 4.78 is 2.04. The highest BCUT2D eigenvalue weighted by Crippen LogP contribution is 2.22. The van der Waals surface area contributed by atoms with Gasteiger partial charge in [-0.15, -0.1) is 0 Å². The van der Waals surface area contributed by atoms with Gasteiger partial charge in [-0.1, -0.05) is 0 Å². The average Bonchev–Trinajstić information content (AvgIpc) is 2.90. The Balaban J connectivity index is 2.12. The molecule has 3 aromatic rings. The maximum atomic E-state index is 11.4. The standard InChI is InChI=1S/C17H12N2O/c1-12(20)14-4-7-17-15(10-14)8-9-19(17)16-5-2-13(11-18)3-6-16/h2-10H,1H3. The van der Waals surface area contributed by atoms with Crippen LogP contribution in [0, 0.1) is 11.3 Å². The van der Waals surface area contributed by atoms with Crippen molar-refractivity contribution in [2.75, 3.05) is 0 Å². The van der Waals surface area contributed by atoms with E-state index in [2.05, 4.69) is 6.07 Å². The predicted molar refractivity (Wildman–Crippen MR) is 78.0 cm³/mol. The molecule has 1 heterocycles. The topological polar surface area (TPSA) is 45.8 Å². The number of Topliss-reactive ketones (excluding diaryl/α,β-unsaturated/α-hetero) is 1. The summed E-state index contributed by atoms with van der Waals surface area (Å²) >= 11 is 0. The van der Waals surface area contributed by atoms with E-state index in [1.54, 1.807) is 19.1 Å². The lowest BCUT2D eigenvalue weighted by Gasteiger charge is -2.06. The van der Waals surface area contributed by atoms with Crippen LogP contribution in [-0.2, 0) is 0 Å². The Hall–Kier alpha value is -2.86. The van der Waals surface area contributed by atoms with E-state index in [0.717, 1.165) is 22.2 Å². The van der Waals surface area contributed by atoms with Gasteiger partial charge in [-0.3, -0.25) is 4.79 Å². The van der Waals surface area contributed by atoms with Crippen LogP contribution in [0.2, 0.25) is 0 Å². The van der Waals surface area contributed by atoms with Gasteiger partial charge in [0.05, 0.1) is 17.1 Å². The number of carbonyl (C=O) groups is 1. The van der Waals surface area contributed by atoms with Crippen LogP contribution in [0.3, 0.4) is 0 Å². The Kier molecular flexibility index (Phi) is 2.85. The second-order valence-corrected chi connectivity index (χ2v) is 4.67. The summed E-state index contributed by atoms with van der Waals surface area (Å²) in [4.78, 5) is 11.4. The minimum absolute atomic E-state index is 0.0676. The average molecular weight is 260 g/mol. The van der Waals surface area contributed by atoms with Crippen LogP contribution in [0.5, 0.6) is 0 Å². The van der Waals surface area contributed by atoms with Crippen molar-refractivity contribution < 1.29 is 4.79 Å². The molecule has 3 rings (SSSR count). The molecular formula is C17H12N2O. The summed E-state index contributed by atoms with van der Waals surface area (Å²) in [6.07, 6.45) is 1.97. The fourth-order valence-corrected chi connectivity index (χ4v) is 2.28. The molecule has 0 aliphatic carbocycles. The molecule has 0 saturated carbocycles. The molecule has 0 bridgehead atoms. The van der Waals surface area contributed by atoms with E-state index in [9.17, 15) is 4.79 Å². The molecule has 0 unspecified atom stereocenters. The van der Waals surface area contributed by atoms with Crippen molar-refractivity contribution in [3.63, 3.8) is 0 Å². The van der Waals surface area contributed by atoms with Crippen LogP contribution < -0.4 is 0 Å². The summed E-state index contributed by atoms with van der Waals surface area (Å²) in [5.41, 5.74) is 3.40. The van der Waals surface area contributed by atoms with Crippen molar-refractivity contribution in [2.24, 2.45) is 0 Å². The largest absolute Gasteiger partial charge is 0.317 e. The zero-order valence-electron chi connectivity index (χ0n) is 11.0. The van der Waals surface area contributed by atoms with Crippen molar-refractivity contribution in [1.29, 1.82) is 5.26 Å². The van der Waals surface area contributed by atoms with E-state index in [1.165, 1.54) is 0 Å². The van der Waals surface area contributed by atoms with E-state index in [4.69, 9.17) is 5.26 Å². The Morgan fingerprint density at radius 3 is 2.50 bits per heavy atom. The van der Waals surface area contributed by atoms with E-state index < -0.39 is 0 Å². The highest BCUT2D eigenvalue weighted by atomic mass is 16.1. The van der Waals surface area contributed by atoms with Crippen LogP contribution in [-0.4, -0.2) is 10.4 Å². The van der Waals surface area contributed by atoms with Gasteiger partial charge in [0.15, 0.2) is 5.78 Å². The van der Waals surface area contributed by atoms with E-state index in [1.807, 2.05) is 47.2 Å². The number of aromatic nitrogens is 1. The number of rotatable bonds is 2. The fourth-order valence-electron chi connectivity index (χ4n) is 2.28. The molecule has 0 fully saturated rings. The van der Waals surface area contributed by atoms with Gasteiger partial charge >= 0.3 is 0 Å². The number of carbonyl (C=O) groups excluding carboxylic acids is 1. The maximum absolute atomic E-state index is 11.4. The van der Waals surface area contributed by atoms with E-state index in [-0.39, 0.29) is 5.78 Å². The third-order valence-electron chi connectivity index (χ3n) is 3.37. The predicted octanol–water partition coefficient (Wildman–Crippen LogP) is 3.70. The maximum Gasteiger partial charge on any atom is 0.159 e. The molecule has 2 aromatic carbocycles. The smallest absolute Gasteiger partial charge is 0.159 e. The molecule has 3 heteroatoms. The number of nitrogens with zero attached hydrogens (tertiary/aromatic N) is 2. The molecule has 0 radical (unpaired) electrons. The molecule has 20 heavy (non-hydrogen) atoms. The van der Waals surface area contributed by atoms with Crippen LogP contribution in [0.25, 0.3) is 16.6 Å². The van der Waals surface area contributed by atoms with Crippen molar-refractivity contribution in [3.8, 4) is 11.8 Å². The van der Waals surface area contributed by atoms with Gasteiger partial charge in [0, 0.05) is 22.8 Å². The lowest BCUT2D eigenvalue weighted by Crippen LogP contribution is -1.94. The van der Waals surface area contributed by atoms with Crippen LogP contribution in [0.1, 0.15) is 22.8 Å². The first-order chi connectivity index (χ1) is 9.69. The first kappa shape index (κ1) is 12.2. The summed E-state index contributed by atoms with van der Waals surface area (Å²) in [5.74, 6) is 0.0676. The van der Waals surface area contributed by atoms with Gasteiger partial charge in [0.25, 0.3) is 0 Å². The summed E-state index contributed by atoms with van der Waals surface area (Å²) in [6, 6.07) is 17.2. The number of fused-ring (bicyclic) bond motifs is 1. The lowest BCUT2D eigenvalue weighted by molar-refractivity contribution is 0.101. The molecule has 1 aromatic heterocycles. The Bertz CT molecular complexity index is 836. The molecule has 96 valence electrons. The fraction of sp³-hybridized carbons (Fsp3) is 0.0588. The molecule has 0 atom stereocenters. The SMILES string of the molecule is CC(=O)c1ccc2c(ccn2-c2ccc(C#N)cc2)c1. The van der Waals surface area contributed by atoms with Crippen LogP contribution in [0.4, 0.5) is 0 Å². The van der Waals surface area contributed by atoms with Gasteiger partial charge in [-0.2, -0.15) is 5.26 Å². The monoisotopic (exact) mass is 260 g/mol. The minimum atomic E-state index is 0.0676. The zero-order chi connectivity index (χ0) is 14.1. The first-order valence-electron chi connectivity index (χ1n) is 6.31. The van der Waals surface area contributed by atoms with Crippen LogP contribution in [0.15, 0.2) is 54.7 Å². The third kappa shape index (κ3) is 1.98. The summed E-state index contributed by atoms with van der Waals surface area (Å²) in [6.45, 7) is 1.57. The van der Waals surface area contributed by atoms with Crippen molar-refractivity contribution in [2.45, 2.75) is 6.92 Å². The van der Waals surface area contributed by atoms with E-state index in [0.29, 0.717) is 5.56 Å². The summed E-state index contributed by atoms with van der Waals surface area (Å²) in [5, 5.41) is 9.85. The van der Waals surface area contributed by atoms with Gasteiger partial charge in [0.2, 0.25) is 0 Å². The Morgan fingerprint density at radius 2 is 1.85 bits per heavy atom. The summed E-state index contributed by atoms with van der Waals surface area (Å²) in [7, 11) is 0. The number of nitriles is 1. The first-order valence-corrected chi connectivity index (χ1v) is 6.31. The number of hydrogen-bond acceptors (Lipinski definition) is 2. The van der Waals surface area contributed by atoms with E-state index >= 15 is 0 Å². The van der Waals surface area contributed by atoms with Gasteiger partial charge in [-0.05, 0) is 55.5 Å². The number of ketones is 1. The normalized spacial score (nSPS) is 10.4. The van der Waals surface area contributed by atoms with Gasteiger partial charge in [-0.25, -0.2) is 0 Å². The van der Waals surface area contributed by atoms with Crippen molar-refractivity contribution in [1.82, 2.24) is 4.57 Å².